The van der Waals surface area contributed by atoms with Crippen molar-refractivity contribution >= 4 is 11.4 Å². The summed E-state index contributed by atoms with van der Waals surface area (Å²) in [7, 11) is 4.37. The Balaban J connectivity index is 1.33. The van der Waals surface area contributed by atoms with E-state index in [9.17, 15) is 10.2 Å². The molecule has 3 aliphatic rings. The number of likely N-dealkylation sites (N-methyl/N-ethyl adjacent to an activating group) is 1. The molecule has 5 rings (SSSR count). The van der Waals surface area contributed by atoms with Gasteiger partial charge in [-0.15, -0.1) is 0 Å². The molecule has 2 N–H and O–H groups in total. The van der Waals surface area contributed by atoms with Crippen molar-refractivity contribution < 1.29 is 10.2 Å². The average Bonchev–Trinajstić information content (AvgIpc) is 3.79. The summed E-state index contributed by atoms with van der Waals surface area (Å²) in [6.45, 7) is 16.3. The number of rotatable bonds is 11. The zero-order valence-electron chi connectivity index (χ0n) is 27.8. The van der Waals surface area contributed by atoms with Crippen molar-refractivity contribution in [3.63, 3.8) is 0 Å². The van der Waals surface area contributed by atoms with Crippen molar-refractivity contribution in [2.24, 2.45) is 5.92 Å². The summed E-state index contributed by atoms with van der Waals surface area (Å²) in [5.41, 5.74) is 4.26. The van der Waals surface area contributed by atoms with Crippen molar-refractivity contribution in [2.75, 3.05) is 63.2 Å². The van der Waals surface area contributed by atoms with Crippen LogP contribution in [0, 0.1) is 5.92 Å². The quantitative estimate of drug-likeness (QED) is 0.383. The van der Waals surface area contributed by atoms with Crippen LogP contribution in [0.3, 0.4) is 0 Å². The second kappa shape index (κ2) is 13.0. The highest BCUT2D eigenvalue weighted by atomic mass is 16.3. The molecule has 238 valence electrons. The Bertz CT molecular complexity index is 1200. The summed E-state index contributed by atoms with van der Waals surface area (Å²) in [5.74, 6) is 1.07. The van der Waals surface area contributed by atoms with Crippen molar-refractivity contribution in [1.82, 2.24) is 19.8 Å². The molecule has 2 aliphatic heterocycles. The lowest BCUT2D eigenvalue weighted by molar-refractivity contribution is -0.0227. The predicted molar refractivity (Wildman–Crippen MR) is 176 cm³/mol. The van der Waals surface area contributed by atoms with Crippen LogP contribution in [-0.4, -0.2) is 101 Å². The third-order valence-electron chi connectivity index (χ3n) is 9.81. The summed E-state index contributed by atoms with van der Waals surface area (Å²) < 4.78 is 0. The molecule has 2 aromatic heterocycles. The van der Waals surface area contributed by atoms with E-state index in [0.717, 1.165) is 74.8 Å². The molecule has 43 heavy (non-hydrogen) atoms. The smallest absolute Gasteiger partial charge is 0.0951 e. The molecule has 2 saturated heterocycles. The van der Waals surface area contributed by atoms with E-state index >= 15 is 0 Å². The zero-order valence-corrected chi connectivity index (χ0v) is 27.8. The van der Waals surface area contributed by atoms with E-state index in [-0.39, 0.29) is 0 Å². The highest BCUT2D eigenvalue weighted by Crippen LogP contribution is 2.35. The molecule has 8 nitrogen and oxygen atoms in total. The second-order valence-corrected chi connectivity index (χ2v) is 15.0. The van der Waals surface area contributed by atoms with Crippen molar-refractivity contribution in [1.29, 1.82) is 0 Å². The van der Waals surface area contributed by atoms with E-state index in [1.807, 2.05) is 13.1 Å². The van der Waals surface area contributed by atoms with Crippen LogP contribution in [-0.2, 0) is 6.54 Å². The largest absolute Gasteiger partial charge is 0.390 e. The Morgan fingerprint density at radius 1 is 0.953 bits per heavy atom. The number of β-amino-alcohol motifs (C(OH)–C–C–N with tert-alkyl or cyclic N) is 1. The molecule has 1 aliphatic carbocycles. The maximum Gasteiger partial charge on any atom is 0.0951 e. The molecule has 2 atom stereocenters. The third-order valence-corrected chi connectivity index (χ3v) is 9.81. The molecular weight excluding hydrogens is 536 g/mol. The first-order chi connectivity index (χ1) is 20.3. The zero-order chi connectivity index (χ0) is 30.9. The molecule has 2 aromatic rings. The van der Waals surface area contributed by atoms with Crippen LogP contribution in [0.2, 0.25) is 0 Å². The van der Waals surface area contributed by atoms with Crippen LogP contribution in [0.4, 0.5) is 11.4 Å². The maximum atomic E-state index is 12.1. The van der Waals surface area contributed by atoms with Gasteiger partial charge >= 0.3 is 0 Å². The van der Waals surface area contributed by atoms with Crippen LogP contribution in [0.25, 0.3) is 0 Å². The molecule has 0 radical (unpaired) electrons. The van der Waals surface area contributed by atoms with Gasteiger partial charge in [-0.3, -0.25) is 9.97 Å². The van der Waals surface area contributed by atoms with E-state index in [2.05, 4.69) is 85.7 Å². The number of aromatic nitrogens is 2. The lowest BCUT2D eigenvalue weighted by Crippen LogP contribution is -2.58. The van der Waals surface area contributed by atoms with Crippen molar-refractivity contribution in [3.05, 3.63) is 47.5 Å². The second-order valence-electron chi connectivity index (χ2n) is 15.0. The summed E-state index contributed by atoms with van der Waals surface area (Å²) in [6.07, 6.45) is 6.80. The van der Waals surface area contributed by atoms with Gasteiger partial charge in [0.05, 0.1) is 34.5 Å². The Kier molecular flexibility index (Phi) is 9.72. The van der Waals surface area contributed by atoms with Gasteiger partial charge in [-0.2, -0.15) is 0 Å². The minimum absolute atomic E-state index is 0.308. The summed E-state index contributed by atoms with van der Waals surface area (Å²) in [5, 5.41) is 22.6. The monoisotopic (exact) mass is 592 g/mol. The number of pyridine rings is 2. The third kappa shape index (κ3) is 8.27. The number of anilines is 2. The van der Waals surface area contributed by atoms with Crippen molar-refractivity contribution in [3.8, 4) is 0 Å². The molecule has 8 heteroatoms. The maximum absolute atomic E-state index is 12.1. The molecule has 4 heterocycles. The van der Waals surface area contributed by atoms with Gasteiger partial charge in [0.15, 0.2) is 0 Å². The molecule has 1 unspecified atom stereocenters. The normalized spacial score (nSPS) is 24.5. The topological polar surface area (TPSA) is 79.2 Å². The Morgan fingerprint density at radius 3 is 2.23 bits per heavy atom. The fraction of sp³-hybridized carbons (Fsp3) is 0.714. The highest BCUT2D eigenvalue weighted by Gasteiger charge is 2.42. The Hall–Kier alpha value is -2.26. The van der Waals surface area contributed by atoms with Crippen molar-refractivity contribution in [2.45, 2.75) is 102 Å². The summed E-state index contributed by atoms with van der Waals surface area (Å²) >= 11 is 0. The summed E-state index contributed by atoms with van der Waals surface area (Å²) in [6, 6.07) is 9.35. The first-order valence-corrected chi connectivity index (χ1v) is 16.6. The number of hydrogen-bond donors (Lipinski definition) is 2. The van der Waals surface area contributed by atoms with Gasteiger partial charge in [0.2, 0.25) is 0 Å². The number of piperidine rings is 2. The van der Waals surface area contributed by atoms with Gasteiger partial charge in [0.1, 0.15) is 0 Å². The van der Waals surface area contributed by atoms with Gasteiger partial charge in [0, 0.05) is 63.2 Å². The SMILES string of the molecule is CC(C)c1ccc(N2CC(CN(C)Cc3nc(C(C)C)ccc3N3CCC(C)(O)CC3)C[C@@](O)(CN(C)C3CC3)C2)cn1. The van der Waals surface area contributed by atoms with Gasteiger partial charge < -0.3 is 29.8 Å². The molecule has 0 bridgehead atoms. The van der Waals surface area contributed by atoms with E-state index in [4.69, 9.17) is 9.97 Å². The van der Waals surface area contributed by atoms with E-state index in [1.165, 1.54) is 18.5 Å². The first-order valence-electron chi connectivity index (χ1n) is 16.6. The molecule has 0 aromatic carbocycles. The van der Waals surface area contributed by atoms with Crippen LogP contribution < -0.4 is 9.80 Å². The fourth-order valence-corrected chi connectivity index (χ4v) is 7.09. The molecule has 3 fully saturated rings. The minimum atomic E-state index is -0.774. The molecule has 0 amide bonds. The molecule has 1 saturated carbocycles. The van der Waals surface area contributed by atoms with E-state index in [0.29, 0.717) is 36.9 Å². The Morgan fingerprint density at radius 2 is 1.63 bits per heavy atom. The predicted octanol–water partition coefficient (Wildman–Crippen LogP) is 4.86. The molecule has 0 spiro atoms. The van der Waals surface area contributed by atoms with Crippen LogP contribution in [0.1, 0.15) is 95.6 Å². The van der Waals surface area contributed by atoms with Gasteiger partial charge in [-0.1, -0.05) is 27.7 Å². The highest BCUT2D eigenvalue weighted by molar-refractivity contribution is 5.52. The van der Waals surface area contributed by atoms with Gasteiger partial charge in [-0.25, -0.2) is 0 Å². The number of hydrogen-bond acceptors (Lipinski definition) is 8. The van der Waals surface area contributed by atoms with Gasteiger partial charge in [0.25, 0.3) is 0 Å². The fourth-order valence-electron chi connectivity index (χ4n) is 7.09. The van der Waals surface area contributed by atoms with Gasteiger partial charge in [-0.05, 0) is 95.1 Å². The lowest BCUT2D eigenvalue weighted by atomic mass is 9.84. The Labute approximate surface area is 260 Å². The van der Waals surface area contributed by atoms with Crippen LogP contribution >= 0.6 is 0 Å². The number of nitrogens with zero attached hydrogens (tertiary/aromatic N) is 6. The lowest BCUT2D eigenvalue weighted by Gasteiger charge is -2.46. The van der Waals surface area contributed by atoms with Crippen LogP contribution in [0.5, 0.6) is 0 Å². The summed E-state index contributed by atoms with van der Waals surface area (Å²) in [4.78, 5) is 19.5. The first kappa shape index (κ1) is 32.1. The standard InChI is InChI=1S/C35H56N6O2/c1-25(2)30-11-10-29(19-36-30)41-21-27(18-35(43,24-41)23-39(7)28-8-9-28)20-38(6)22-32-33(13-12-31(37-32)26(3)4)40-16-14-34(5,42)15-17-40/h10-13,19,25-28,42-43H,8-9,14-18,20-24H2,1-7H3/t27?,35-/m1/s1. The molecular formula is C35H56N6O2. The minimum Gasteiger partial charge on any atom is -0.390 e. The van der Waals surface area contributed by atoms with Crippen LogP contribution in [0.15, 0.2) is 30.5 Å². The average molecular weight is 593 g/mol. The van der Waals surface area contributed by atoms with E-state index < -0.39 is 11.2 Å². The van der Waals surface area contributed by atoms with E-state index in [1.54, 1.807) is 0 Å². The number of aliphatic hydroxyl groups is 2.